The van der Waals surface area contributed by atoms with E-state index in [4.69, 9.17) is 9.47 Å². The van der Waals surface area contributed by atoms with Gasteiger partial charge in [0, 0.05) is 41.6 Å². The summed E-state index contributed by atoms with van der Waals surface area (Å²) >= 11 is 0. The minimum absolute atomic E-state index is 0.0509. The lowest BCUT2D eigenvalue weighted by Gasteiger charge is -2.27. The largest absolute Gasteiger partial charge is 0.458 e. The molecule has 0 amide bonds. The molecule has 3 aromatic rings. The van der Waals surface area contributed by atoms with Gasteiger partial charge < -0.3 is 9.47 Å². The molecule has 172 valence electrons. The van der Waals surface area contributed by atoms with Crippen LogP contribution in [0.25, 0.3) is 22.2 Å². The van der Waals surface area contributed by atoms with Crippen LogP contribution < -0.4 is 0 Å². The third-order valence-corrected chi connectivity index (χ3v) is 5.12. The van der Waals surface area contributed by atoms with Crippen LogP contribution in [0.2, 0.25) is 0 Å². The van der Waals surface area contributed by atoms with Crippen molar-refractivity contribution in [1.82, 2.24) is 9.97 Å². The molecule has 0 atom stereocenters. The molecule has 0 radical (unpaired) electrons. The summed E-state index contributed by atoms with van der Waals surface area (Å²) in [5, 5.41) is 0.110. The van der Waals surface area contributed by atoms with Crippen LogP contribution in [0.3, 0.4) is 0 Å². The van der Waals surface area contributed by atoms with Gasteiger partial charge in [-0.15, -0.1) is 0 Å². The molecule has 1 aliphatic rings. The molecule has 4 rings (SSSR count). The second-order valence-electron chi connectivity index (χ2n) is 7.89. The average Bonchev–Trinajstić information content (AvgIpc) is 2.78. The van der Waals surface area contributed by atoms with Crippen molar-refractivity contribution in [1.29, 1.82) is 0 Å². The van der Waals surface area contributed by atoms with E-state index < -0.39 is 23.4 Å². The Labute approximate surface area is 186 Å². The Morgan fingerprint density at radius 1 is 1.06 bits per heavy atom. The zero-order valence-electron chi connectivity index (χ0n) is 17.5. The maximum atomic E-state index is 14.6. The van der Waals surface area contributed by atoms with E-state index >= 15 is 0 Å². The van der Waals surface area contributed by atoms with Gasteiger partial charge in [-0.05, 0) is 29.5 Å². The Bertz CT molecular complexity index is 1210. The van der Waals surface area contributed by atoms with E-state index in [1.54, 1.807) is 12.4 Å². The van der Waals surface area contributed by atoms with Crippen LogP contribution in [0.1, 0.15) is 24.5 Å². The molecule has 33 heavy (non-hydrogen) atoms. The van der Waals surface area contributed by atoms with Crippen LogP contribution in [0.15, 0.2) is 36.7 Å². The first-order valence-electron chi connectivity index (χ1n) is 10.3. The van der Waals surface area contributed by atoms with Gasteiger partial charge in [0.15, 0.2) is 12.1 Å². The van der Waals surface area contributed by atoms with Crippen molar-refractivity contribution in [3.05, 3.63) is 59.4 Å². The summed E-state index contributed by atoms with van der Waals surface area (Å²) in [5.41, 5.74) is 0.471. The van der Waals surface area contributed by atoms with Crippen LogP contribution in [0, 0.1) is 29.4 Å². The normalized spacial score (nSPS) is 18.7. The predicted octanol–water partition coefficient (Wildman–Crippen LogP) is 5.43. The first kappa shape index (κ1) is 23.1. The van der Waals surface area contributed by atoms with Crippen molar-refractivity contribution >= 4 is 10.8 Å². The van der Waals surface area contributed by atoms with Crippen LogP contribution in [0.5, 0.6) is 0 Å². The highest BCUT2D eigenvalue weighted by molar-refractivity contribution is 5.88. The molecule has 0 aliphatic carbocycles. The summed E-state index contributed by atoms with van der Waals surface area (Å²) in [4.78, 5) is 8.65. The van der Waals surface area contributed by atoms with Crippen molar-refractivity contribution in [3.8, 4) is 23.2 Å². The highest BCUT2D eigenvalue weighted by Gasteiger charge is 2.24. The van der Waals surface area contributed by atoms with Gasteiger partial charge in [0.2, 0.25) is 0 Å². The van der Waals surface area contributed by atoms with Gasteiger partial charge in [0.1, 0.15) is 11.6 Å². The minimum atomic E-state index is -4.85. The average molecular weight is 462 g/mol. The Kier molecular flexibility index (Phi) is 6.58. The topological polar surface area (TPSA) is 44.2 Å². The van der Waals surface area contributed by atoms with Crippen LogP contribution in [-0.2, 0) is 15.9 Å². The third kappa shape index (κ3) is 5.64. The number of aryl methyl sites for hydroxylation is 1. The van der Waals surface area contributed by atoms with Crippen molar-refractivity contribution in [2.75, 3.05) is 13.2 Å². The highest BCUT2D eigenvalue weighted by Crippen LogP contribution is 2.28. The molecule has 1 fully saturated rings. The third-order valence-electron chi connectivity index (χ3n) is 5.12. The maximum absolute atomic E-state index is 14.6. The van der Waals surface area contributed by atoms with Gasteiger partial charge in [-0.1, -0.05) is 25.0 Å². The van der Waals surface area contributed by atoms with Crippen molar-refractivity contribution in [2.45, 2.75) is 32.2 Å². The van der Waals surface area contributed by atoms with E-state index in [0.29, 0.717) is 43.4 Å². The van der Waals surface area contributed by atoms with Crippen molar-refractivity contribution in [2.24, 2.45) is 5.92 Å². The van der Waals surface area contributed by atoms with Crippen LogP contribution >= 0.6 is 0 Å². The highest BCUT2D eigenvalue weighted by atomic mass is 19.4. The van der Waals surface area contributed by atoms with Gasteiger partial charge in [0.05, 0.1) is 18.8 Å². The fourth-order valence-electron chi connectivity index (χ4n) is 3.44. The van der Waals surface area contributed by atoms with E-state index in [9.17, 15) is 22.0 Å². The Hall–Kier alpha value is -3.09. The van der Waals surface area contributed by atoms with Gasteiger partial charge >= 0.3 is 6.18 Å². The lowest BCUT2D eigenvalue weighted by Crippen LogP contribution is -2.30. The van der Waals surface area contributed by atoms with Crippen molar-refractivity contribution in [3.63, 3.8) is 0 Å². The number of alkyl halides is 3. The fourth-order valence-corrected chi connectivity index (χ4v) is 3.44. The minimum Gasteiger partial charge on any atom is -0.352 e. The standard InChI is InChI=1S/C24H19F5N2O2/c1-14-12-32-21(33-13-14)5-2-15-10-30-23(31-11-15)16-3-4-18-17(8-16)9-20(25)19(22(18)26)6-7-24(27,28)29/h3-4,8-11,14,21H,2,5,12-13H2,1H3. The number of aromatic nitrogens is 2. The summed E-state index contributed by atoms with van der Waals surface area (Å²) < 4.78 is 77.0. The number of nitrogens with zero attached hydrogens (tertiary/aromatic N) is 2. The summed E-state index contributed by atoms with van der Waals surface area (Å²) in [6.07, 6.45) is -0.448. The smallest absolute Gasteiger partial charge is 0.352 e. The number of fused-ring (bicyclic) bond motifs is 1. The summed E-state index contributed by atoms with van der Waals surface area (Å²) in [5.74, 6) is 0.839. The molecule has 2 aromatic carbocycles. The zero-order chi connectivity index (χ0) is 23.6. The van der Waals surface area contributed by atoms with Gasteiger partial charge in [-0.25, -0.2) is 18.7 Å². The second-order valence-corrected chi connectivity index (χ2v) is 7.89. The lowest BCUT2D eigenvalue weighted by atomic mass is 10.0. The van der Waals surface area contributed by atoms with Gasteiger partial charge in [0.25, 0.3) is 0 Å². The molecule has 0 saturated carbocycles. The van der Waals surface area contributed by atoms with Crippen LogP contribution in [0.4, 0.5) is 22.0 Å². The number of ether oxygens (including phenoxy) is 2. The summed E-state index contributed by atoms with van der Waals surface area (Å²) in [6.45, 7) is 3.39. The Morgan fingerprint density at radius 3 is 2.42 bits per heavy atom. The monoisotopic (exact) mass is 462 g/mol. The zero-order valence-corrected chi connectivity index (χ0v) is 17.5. The van der Waals surface area contributed by atoms with E-state index in [2.05, 4.69) is 16.9 Å². The molecule has 9 heteroatoms. The van der Waals surface area contributed by atoms with Crippen molar-refractivity contribution < 1.29 is 31.4 Å². The predicted molar refractivity (Wildman–Crippen MR) is 111 cm³/mol. The maximum Gasteiger partial charge on any atom is 0.458 e. The molecule has 4 nitrogen and oxygen atoms in total. The number of rotatable bonds is 4. The first-order valence-corrected chi connectivity index (χ1v) is 10.3. The van der Waals surface area contributed by atoms with E-state index in [1.807, 2.05) is 0 Å². The first-order chi connectivity index (χ1) is 15.7. The molecule has 2 heterocycles. The molecule has 0 bridgehead atoms. The van der Waals surface area contributed by atoms with E-state index in [-0.39, 0.29) is 17.1 Å². The molecule has 0 unspecified atom stereocenters. The summed E-state index contributed by atoms with van der Waals surface area (Å²) in [7, 11) is 0. The summed E-state index contributed by atoms with van der Waals surface area (Å²) in [6, 6.07) is 5.28. The SMILES string of the molecule is CC1COC(CCc2cnc(-c3ccc4c(F)c(C#CC(F)(F)F)c(F)cc4c3)nc2)OC1. The molecule has 1 aliphatic heterocycles. The number of hydrogen-bond acceptors (Lipinski definition) is 4. The van der Waals surface area contributed by atoms with E-state index in [0.717, 1.165) is 17.6 Å². The molecule has 1 aromatic heterocycles. The number of hydrogen-bond donors (Lipinski definition) is 0. The molecule has 1 saturated heterocycles. The van der Waals surface area contributed by atoms with Crippen LogP contribution in [-0.4, -0.2) is 35.6 Å². The molecular weight excluding hydrogens is 443 g/mol. The van der Waals surface area contributed by atoms with Gasteiger partial charge in [-0.3, -0.25) is 0 Å². The lowest BCUT2D eigenvalue weighted by molar-refractivity contribution is -0.199. The quantitative estimate of drug-likeness (QED) is 0.383. The van der Waals surface area contributed by atoms with E-state index in [1.165, 1.54) is 24.1 Å². The molecule has 0 spiro atoms. The second kappa shape index (κ2) is 9.41. The fraction of sp³-hybridized carbons (Fsp3) is 0.333. The number of benzene rings is 2. The number of halogens is 5. The Balaban J connectivity index is 1.52. The van der Waals surface area contributed by atoms with Gasteiger partial charge in [-0.2, -0.15) is 13.2 Å². The molecular formula is C24H19F5N2O2. The molecule has 0 N–H and O–H groups in total. The Morgan fingerprint density at radius 2 is 1.76 bits per heavy atom.